The van der Waals surface area contributed by atoms with Crippen molar-refractivity contribution in [1.82, 2.24) is 10.2 Å². The lowest BCUT2D eigenvalue weighted by Gasteiger charge is -2.32. The van der Waals surface area contributed by atoms with Crippen LogP contribution in [0.1, 0.15) is 47.6 Å². The van der Waals surface area contributed by atoms with E-state index in [0.29, 0.717) is 24.5 Å². The highest BCUT2D eigenvalue weighted by atomic mass is 35.5. The number of hydrogen-bond donors (Lipinski definition) is 1. The molecule has 2 amide bonds. The van der Waals surface area contributed by atoms with Gasteiger partial charge in [-0.05, 0) is 54.7 Å². The van der Waals surface area contributed by atoms with E-state index < -0.39 is 6.04 Å². The highest BCUT2D eigenvalue weighted by Gasteiger charge is 2.30. The minimum Gasteiger partial charge on any atom is -0.354 e. The molecule has 3 rings (SSSR count). The number of hydrogen-bond acceptors (Lipinski definition) is 2. The van der Waals surface area contributed by atoms with Crippen LogP contribution in [0.4, 0.5) is 0 Å². The second-order valence-electron chi connectivity index (χ2n) is 9.10. The number of carbonyl (C=O) groups excluding carboxylic acids is 2. The summed E-state index contributed by atoms with van der Waals surface area (Å²) in [7, 11) is 0. The molecule has 0 heterocycles. The molecule has 0 saturated carbocycles. The summed E-state index contributed by atoms with van der Waals surface area (Å²) in [6.45, 7) is 7.07. The zero-order valence-corrected chi connectivity index (χ0v) is 21.6. The predicted molar refractivity (Wildman–Crippen MR) is 143 cm³/mol. The van der Waals surface area contributed by atoms with Crippen molar-refractivity contribution < 1.29 is 9.59 Å². The third-order valence-electron chi connectivity index (χ3n) is 6.21. The molecule has 1 atom stereocenters. The lowest BCUT2D eigenvalue weighted by molar-refractivity contribution is -0.140. The molecule has 35 heavy (non-hydrogen) atoms. The number of amides is 2. The molecule has 1 unspecified atom stereocenters. The number of nitrogens with zero attached hydrogens (tertiary/aromatic N) is 1. The van der Waals surface area contributed by atoms with E-state index in [0.717, 1.165) is 40.7 Å². The van der Waals surface area contributed by atoms with Gasteiger partial charge in [-0.1, -0.05) is 91.2 Å². The van der Waals surface area contributed by atoms with Gasteiger partial charge >= 0.3 is 0 Å². The first kappa shape index (κ1) is 26.5. The first-order chi connectivity index (χ1) is 16.9. The average molecular weight is 491 g/mol. The van der Waals surface area contributed by atoms with Crippen molar-refractivity contribution in [3.05, 3.63) is 106 Å². The fraction of sp³-hybridized carbons (Fsp3) is 0.333. The molecule has 0 aliphatic carbocycles. The van der Waals surface area contributed by atoms with Crippen molar-refractivity contribution in [1.29, 1.82) is 0 Å². The smallest absolute Gasteiger partial charge is 0.243 e. The lowest BCUT2D eigenvalue weighted by atomic mass is 9.99. The van der Waals surface area contributed by atoms with Crippen LogP contribution in [0.15, 0.2) is 72.8 Å². The monoisotopic (exact) mass is 490 g/mol. The number of carbonyl (C=O) groups is 2. The van der Waals surface area contributed by atoms with Crippen LogP contribution in [0, 0.1) is 13.8 Å². The SMILES string of the molecule is CCCCNC(=O)C(Cc1ccccc1)N(Cc1ccc(Cl)cc1)C(=O)Cc1cc(C)ccc1C. The van der Waals surface area contributed by atoms with Gasteiger partial charge in [-0.3, -0.25) is 9.59 Å². The Bertz CT molecular complexity index is 1110. The van der Waals surface area contributed by atoms with Gasteiger partial charge in [-0.2, -0.15) is 0 Å². The van der Waals surface area contributed by atoms with Crippen LogP contribution >= 0.6 is 11.6 Å². The topological polar surface area (TPSA) is 49.4 Å². The fourth-order valence-electron chi connectivity index (χ4n) is 4.10. The van der Waals surface area contributed by atoms with Crippen molar-refractivity contribution >= 4 is 23.4 Å². The van der Waals surface area contributed by atoms with Gasteiger partial charge in [-0.25, -0.2) is 0 Å². The molecular formula is C30H35ClN2O2. The Hall–Kier alpha value is -3.11. The molecular weight excluding hydrogens is 456 g/mol. The summed E-state index contributed by atoms with van der Waals surface area (Å²) in [4.78, 5) is 29.0. The third-order valence-corrected chi connectivity index (χ3v) is 6.47. The molecule has 1 N–H and O–H groups in total. The highest BCUT2D eigenvalue weighted by Crippen LogP contribution is 2.19. The molecule has 0 aromatic heterocycles. The van der Waals surface area contributed by atoms with Gasteiger partial charge in [0.05, 0.1) is 6.42 Å². The third kappa shape index (κ3) is 7.97. The van der Waals surface area contributed by atoms with Crippen molar-refractivity contribution in [2.24, 2.45) is 0 Å². The minimum absolute atomic E-state index is 0.0692. The molecule has 0 spiro atoms. The molecule has 3 aromatic rings. The summed E-state index contributed by atoms with van der Waals surface area (Å²) >= 11 is 6.10. The normalized spacial score (nSPS) is 11.7. The Balaban J connectivity index is 1.96. The van der Waals surface area contributed by atoms with Gasteiger partial charge in [0.1, 0.15) is 6.04 Å². The Labute approximate surface area is 214 Å². The molecule has 0 radical (unpaired) electrons. The Morgan fingerprint density at radius 2 is 1.66 bits per heavy atom. The van der Waals surface area contributed by atoms with Gasteiger partial charge in [0.2, 0.25) is 11.8 Å². The fourth-order valence-corrected chi connectivity index (χ4v) is 4.23. The zero-order valence-electron chi connectivity index (χ0n) is 20.9. The van der Waals surface area contributed by atoms with Crippen LogP contribution in [0.25, 0.3) is 0 Å². The molecule has 0 saturated heterocycles. The van der Waals surface area contributed by atoms with Crippen molar-refractivity contribution in [3.8, 4) is 0 Å². The first-order valence-electron chi connectivity index (χ1n) is 12.3. The summed E-state index contributed by atoms with van der Waals surface area (Å²) < 4.78 is 0. The number of rotatable bonds is 11. The van der Waals surface area contributed by atoms with Gasteiger partial charge in [0.15, 0.2) is 0 Å². The number of nitrogens with one attached hydrogen (secondary N) is 1. The summed E-state index contributed by atoms with van der Waals surface area (Å²) in [6, 6.07) is 22.9. The summed E-state index contributed by atoms with van der Waals surface area (Å²) in [5.74, 6) is -0.189. The summed E-state index contributed by atoms with van der Waals surface area (Å²) in [6.07, 6.45) is 2.58. The van der Waals surface area contributed by atoms with Crippen LogP contribution in [-0.4, -0.2) is 29.3 Å². The van der Waals surface area contributed by atoms with Crippen molar-refractivity contribution in [2.45, 2.75) is 59.0 Å². The van der Waals surface area contributed by atoms with Gasteiger partial charge in [0, 0.05) is 24.5 Å². The summed E-state index contributed by atoms with van der Waals surface area (Å²) in [5, 5.41) is 3.70. The maximum absolute atomic E-state index is 13.8. The Morgan fingerprint density at radius 3 is 2.34 bits per heavy atom. The van der Waals surface area contributed by atoms with E-state index in [2.05, 4.69) is 18.3 Å². The van der Waals surface area contributed by atoms with Crippen molar-refractivity contribution in [2.75, 3.05) is 6.54 Å². The van der Waals surface area contributed by atoms with Gasteiger partial charge < -0.3 is 10.2 Å². The number of benzene rings is 3. The highest BCUT2D eigenvalue weighted by molar-refractivity contribution is 6.30. The van der Waals surface area contributed by atoms with E-state index >= 15 is 0 Å². The maximum Gasteiger partial charge on any atom is 0.243 e. The minimum atomic E-state index is -0.623. The Kier molecular flexibility index (Phi) is 9.92. The van der Waals surface area contributed by atoms with E-state index in [1.54, 1.807) is 4.90 Å². The second kappa shape index (κ2) is 13.1. The molecule has 4 nitrogen and oxygen atoms in total. The van der Waals surface area contributed by atoms with E-state index in [4.69, 9.17) is 11.6 Å². The molecule has 0 aliphatic rings. The maximum atomic E-state index is 13.8. The number of halogens is 1. The number of unbranched alkanes of at least 4 members (excludes halogenated alkanes) is 1. The quantitative estimate of drug-likeness (QED) is 0.332. The largest absolute Gasteiger partial charge is 0.354 e. The standard InChI is InChI=1S/C30H35ClN2O2/c1-4-5-17-32-30(35)28(19-24-9-7-6-8-10-24)33(21-25-13-15-27(31)16-14-25)29(34)20-26-18-22(2)11-12-23(26)3/h6-16,18,28H,4-5,17,19-21H2,1-3H3,(H,32,35). The van der Waals surface area contributed by atoms with E-state index in [9.17, 15) is 9.59 Å². The van der Waals surface area contributed by atoms with Crippen LogP contribution in [0.2, 0.25) is 5.02 Å². The predicted octanol–water partition coefficient (Wildman–Crippen LogP) is 6.06. The first-order valence-corrected chi connectivity index (χ1v) is 12.7. The second-order valence-corrected chi connectivity index (χ2v) is 9.54. The van der Waals surface area contributed by atoms with Crippen molar-refractivity contribution in [3.63, 3.8) is 0 Å². The molecule has 0 fully saturated rings. The number of aryl methyl sites for hydroxylation is 2. The zero-order chi connectivity index (χ0) is 25.2. The average Bonchev–Trinajstić information content (AvgIpc) is 2.85. The molecule has 0 bridgehead atoms. The van der Waals surface area contributed by atoms with Crippen LogP contribution in [0.3, 0.4) is 0 Å². The molecule has 184 valence electrons. The Morgan fingerprint density at radius 1 is 0.943 bits per heavy atom. The van der Waals surface area contributed by atoms with E-state index in [-0.39, 0.29) is 18.2 Å². The van der Waals surface area contributed by atoms with E-state index in [1.165, 1.54) is 0 Å². The lowest BCUT2D eigenvalue weighted by Crippen LogP contribution is -2.51. The van der Waals surface area contributed by atoms with Crippen LogP contribution in [-0.2, 0) is 29.0 Å². The van der Waals surface area contributed by atoms with Crippen LogP contribution < -0.4 is 5.32 Å². The molecule has 5 heteroatoms. The summed E-state index contributed by atoms with van der Waals surface area (Å²) in [5.41, 5.74) is 5.12. The van der Waals surface area contributed by atoms with Gasteiger partial charge in [-0.15, -0.1) is 0 Å². The van der Waals surface area contributed by atoms with Crippen LogP contribution in [0.5, 0.6) is 0 Å². The molecule has 3 aromatic carbocycles. The van der Waals surface area contributed by atoms with E-state index in [1.807, 2.05) is 80.6 Å². The van der Waals surface area contributed by atoms with Gasteiger partial charge in [0.25, 0.3) is 0 Å². The molecule has 0 aliphatic heterocycles.